The maximum Gasteiger partial charge on any atom is 0.303 e. The second-order valence-corrected chi connectivity index (χ2v) is 6.54. The van der Waals surface area contributed by atoms with Gasteiger partial charge in [0.05, 0.1) is 5.69 Å². The Morgan fingerprint density at radius 2 is 1.91 bits per heavy atom. The average Bonchev–Trinajstić information content (AvgIpc) is 2.69. The minimum Gasteiger partial charge on any atom is -0.481 e. The first-order chi connectivity index (χ1) is 10.7. The van der Waals surface area contributed by atoms with Crippen LogP contribution in [0.3, 0.4) is 0 Å². The highest BCUT2D eigenvalue weighted by Gasteiger charge is 2.15. The Bertz CT molecular complexity index is 550. The molecule has 1 aromatic rings. The molecule has 1 N–H and O–H groups in total. The number of rotatable bonds is 9. The SMILES string of the molecule is Cc1nn(CC(C)C)c(C)c1CCC(=O)N(C)CCCC(=O)O. The summed E-state index contributed by atoms with van der Waals surface area (Å²) in [6, 6.07) is 0. The Labute approximate surface area is 138 Å². The first-order valence-electron chi connectivity index (χ1n) is 8.21. The van der Waals surface area contributed by atoms with Crippen molar-refractivity contribution in [3.05, 3.63) is 17.0 Å². The molecule has 0 unspecified atom stereocenters. The Kier molecular flexibility index (Phi) is 7.26. The summed E-state index contributed by atoms with van der Waals surface area (Å²) in [6.07, 6.45) is 1.69. The molecule has 0 spiro atoms. The monoisotopic (exact) mass is 323 g/mol. The quantitative estimate of drug-likeness (QED) is 0.757. The van der Waals surface area contributed by atoms with Crippen LogP contribution in [0.2, 0.25) is 0 Å². The molecule has 6 nitrogen and oxygen atoms in total. The average molecular weight is 323 g/mol. The van der Waals surface area contributed by atoms with Gasteiger partial charge in [0.2, 0.25) is 5.91 Å². The van der Waals surface area contributed by atoms with Crippen LogP contribution >= 0.6 is 0 Å². The smallest absolute Gasteiger partial charge is 0.303 e. The molecule has 1 heterocycles. The maximum absolute atomic E-state index is 12.2. The van der Waals surface area contributed by atoms with Crippen LogP contribution in [0.5, 0.6) is 0 Å². The highest BCUT2D eigenvalue weighted by molar-refractivity contribution is 5.76. The number of aryl methyl sites for hydroxylation is 1. The zero-order valence-corrected chi connectivity index (χ0v) is 14.9. The molecule has 0 atom stereocenters. The van der Waals surface area contributed by atoms with Gasteiger partial charge in [0.1, 0.15) is 0 Å². The Morgan fingerprint density at radius 3 is 2.48 bits per heavy atom. The lowest BCUT2D eigenvalue weighted by Crippen LogP contribution is -2.28. The topological polar surface area (TPSA) is 75.4 Å². The van der Waals surface area contributed by atoms with Crippen LogP contribution < -0.4 is 0 Å². The van der Waals surface area contributed by atoms with Gasteiger partial charge in [-0.1, -0.05) is 13.8 Å². The molecule has 0 aliphatic carbocycles. The summed E-state index contributed by atoms with van der Waals surface area (Å²) in [6.45, 7) is 9.72. The summed E-state index contributed by atoms with van der Waals surface area (Å²) < 4.78 is 2.02. The van der Waals surface area contributed by atoms with Gasteiger partial charge >= 0.3 is 5.97 Å². The third kappa shape index (κ3) is 6.04. The van der Waals surface area contributed by atoms with Crippen LogP contribution in [0.15, 0.2) is 0 Å². The van der Waals surface area contributed by atoms with Crippen LogP contribution in [0.4, 0.5) is 0 Å². The highest BCUT2D eigenvalue weighted by atomic mass is 16.4. The van der Waals surface area contributed by atoms with Crippen LogP contribution in [0.25, 0.3) is 0 Å². The van der Waals surface area contributed by atoms with E-state index in [0.717, 1.165) is 23.5 Å². The van der Waals surface area contributed by atoms with Gasteiger partial charge in [-0.15, -0.1) is 0 Å². The number of nitrogens with zero attached hydrogens (tertiary/aromatic N) is 3. The van der Waals surface area contributed by atoms with E-state index in [1.165, 1.54) is 0 Å². The lowest BCUT2D eigenvalue weighted by Gasteiger charge is -2.16. The molecule has 0 fully saturated rings. The summed E-state index contributed by atoms with van der Waals surface area (Å²) in [7, 11) is 1.73. The van der Waals surface area contributed by atoms with Crippen molar-refractivity contribution in [3.63, 3.8) is 0 Å². The Balaban J connectivity index is 2.55. The number of hydrogen-bond donors (Lipinski definition) is 1. The van der Waals surface area contributed by atoms with Gasteiger partial charge in [-0.3, -0.25) is 14.3 Å². The van der Waals surface area contributed by atoms with E-state index in [2.05, 4.69) is 25.9 Å². The normalized spacial score (nSPS) is 11.0. The van der Waals surface area contributed by atoms with Crippen LogP contribution in [-0.2, 0) is 22.6 Å². The minimum absolute atomic E-state index is 0.0470. The van der Waals surface area contributed by atoms with Gasteiger partial charge in [-0.2, -0.15) is 5.10 Å². The number of hydrogen-bond acceptors (Lipinski definition) is 3. The van der Waals surface area contributed by atoms with Crippen LogP contribution in [0, 0.1) is 19.8 Å². The fourth-order valence-electron chi connectivity index (χ4n) is 2.63. The second-order valence-electron chi connectivity index (χ2n) is 6.54. The molecule has 0 saturated carbocycles. The molecule has 0 radical (unpaired) electrons. The highest BCUT2D eigenvalue weighted by Crippen LogP contribution is 2.17. The first-order valence-corrected chi connectivity index (χ1v) is 8.21. The molecular formula is C17H29N3O3. The zero-order chi connectivity index (χ0) is 17.6. The van der Waals surface area contributed by atoms with Crippen LogP contribution in [-0.4, -0.2) is 45.3 Å². The van der Waals surface area contributed by atoms with E-state index in [1.807, 2.05) is 11.6 Å². The van der Waals surface area contributed by atoms with E-state index in [1.54, 1.807) is 11.9 Å². The summed E-state index contributed by atoms with van der Waals surface area (Å²) in [5.41, 5.74) is 3.28. The number of carbonyl (C=O) groups excluding carboxylic acids is 1. The van der Waals surface area contributed by atoms with Gasteiger partial charge in [0.15, 0.2) is 0 Å². The molecule has 0 aliphatic heterocycles. The summed E-state index contributed by atoms with van der Waals surface area (Å²) in [5.74, 6) is -0.247. The van der Waals surface area contributed by atoms with Crippen molar-refractivity contribution in [2.45, 2.75) is 59.9 Å². The van der Waals surface area contributed by atoms with Gasteiger partial charge in [0.25, 0.3) is 0 Å². The molecule has 6 heteroatoms. The van der Waals surface area contributed by atoms with Crippen molar-refractivity contribution in [1.82, 2.24) is 14.7 Å². The Morgan fingerprint density at radius 1 is 1.26 bits per heavy atom. The Hall–Kier alpha value is -1.85. The fourth-order valence-corrected chi connectivity index (χ4v) is 2.63. The molecule has 1 amide bonds. The van der Waals surface area contributed by atoms with Crippen molar-refractivity contribution in [2.75, 3.05) is 13.6 Å². The first kappa shape index (κ1) is 19.2. The molecule has 0 saturated heterocycles. The number of carboxylic acids is 1. The summed E-state index contributed by atoms with van der Waals surface area (Å²) in [5, 5.41) is 13.2. The molecule has 1 rings (SSSR count). The van der Waals surface area contributed by atoms with Crippen molar-refractivity contribution < 1.29 is 14.7 Å². The van der Waals surface area contributed by atoms with E-state index >= 15 is 0 Å². The van der Waals surface area contributed by atoms with Crippen molar-refractivity contribution in [2.24, 2.45) is 5.92 Å². The molecule has 130 valence electrons. The minimum atomic E-state index is -0.824. The molecular weight excluding hydrogens is 294 g/mol. The van der Waals surface area contributed by atoms with Crippen LogP contribution in [0.1, 0.15) is 50.1 Å². The molecule has 1 aromatic heterocycles. The number of carboxylic acid groups (broad SMARTS) is 1. The standard InChI is InChI=1S/C17H29N3O3/c1-12(2)11-20-14(4)15(13(3)18-20)8-9-16(21)19(5)10-6-7-17(22)23/h12H,6-11H2,1-5H3,(H,22,23). The third-order valence-corrected chi connectivity index (χ3v) is 3.97. The van der Waals surface area contributed by atoms with Gasteiger partial charge in [-0.05, 0) is 38.2 Å². The molecule has 23 heavy (non-hydrogen) atoms. The predicted octanol–water partition coefficient (Wildman–Crippen LogP) is 2.41. The number of amides is 1. The molecule has 0 bridgehead atoms. The van der Waals surface area contributed by atoms with Gasteiger partial charge < -0.3 is 10.0 Å². The molecule has 0 aliphatic rings. The predicted molar refractivity (Wildman–Crippen MR) is 89.4 cm³/mol. The zero-order valence-electron chi connectivity index (χ0n) is 14.9. The lowest BCUT2D eigenvalue weighted by molar-refractivity contribution is -0.138. The fraction of sp³-hybridized carbons (Fsp3) is 0.706. The van der Waals surface area contributed by atoms with Gasteiger partial charge in [0, 0.05) is 38.7 Å². The van der Waals surface area contributed by atoms with E-state index < -0.39 is 5.97 Å². The van der Waals surface area contributed by atoms with Crippen molar-refractivity contribution in [1.29, 1.82) is 0 Å². The van der Waals surface area contributed by atoms with E-state index in [0.29, 0.717) is 31.7 Å². The van der Waals surface area contributed by atoms with Crippen molar-refractivity contribution in [3.8, 4) is 0 Å². The number of aliphatic carboxylic acids is 1. The van der Waals surface area contributed by atoms with Gasteiger partial charge in [-0.25, -0.2) is 0 Å². The summed E-state index contributed by atoms with van der Waals surface area (Å²) in [4.78, 5) is 24.3. The van der Waals surface area contributed by atoms with Crippen molar-refractivity contribution >= 4 is 11.9 Å². The summed E-state index contributed by atoms with van der Waals surface area (Å²) >= 11 is 0. The van der Waals surface area contributed by atoms with E-state index in [4.69, 9.17) is 5.11 Å². The number of carbonyl (C=O) groups is 2. The lowest BCUT2D eigenvalue weighted by atomic mass is 10.1. The number of aromatic nitrogens is 2. The second kappa shape index (κ2) is 8.70. The van der Waals surface area contributed by atoms with E-state index in [9.17, 15) is 9.59 Å². The maximum atomic E-state index is 12.2. The molecule has 0 aromatic carbocycles. The van der Waals surface area contributed by atoms with E-state index in [-0.39, 0.29) is 12.3 Å². The largest absolute Gasteiger partial charge is 0.481 e. The third-order valence-electron chi connectivity index (χ3n) is 3.97.